The van der Waals surface area contributed by atoms with Gasteiger partial charge >= 0.3 is 0 Å². The molecule has 0 fully saturated rings. The maximum atomic E-state index is 9.23. The number of allylic oxidation sites excluding steroid dienone is 1. The summed E-state index contributed by atoms with van der Waals surface area (Å²) in [6.07, 6.45) is 10.8. The Morgan fingerprint density at radius 3 is 2.12 bits per heavy atom. The SMILES string of the molecule is CC(=CCCOCC(CO)(CO)CO)CCCC(C)CCCC(C)C. The molecule has 3 N–H and O–H groups in total. The van der Waals surface area contributed by atoms with E-state index in [-0.39, 0.29) is 26.4 Å². The Hall–Kier alpha value is -0.420. The highest BCUT2D eigenvalue weighted by Gasteiger charge is 2.28. The Morgan fingerprint density at radius 2 is 1.56 bits per heavy atom. The molecule has 0 aliphatic rings. The van der Waals surface area contributed by atoms with Gasteiger partial charge in [0.25, 0.3) is 0 Å². The highest BCUT2D eigenvalue weighted by atomic mass is 16.5. The van der Waals surface area contributed by atoms with Gasteiger partial charge in [-0.05, 0) is 38.0 Å². The molecule has 0 rings (SSSR count). The Kier molecular flexibility index (Phi) is 14.5. The molecule has 150 valence electrons. The lowest BCUT2D eigenvalue weighted by Crippen LogP contribution is -2.38. The van der Waals surface area contributed by atoms with E-state index in [0.717, 1.165) is 24.7 Å². The van der Waals surface area contributed by atoms with Crippen LogP contribution in [0.25, 0.3) is 0 Å². The van der Waals surface area contributed by atoms with Crippen molar-refractivity contribution in [3.63, 3.8) is 0 Å². The molecule has 0 bridgehead atoms. The smallest absolute Gasteiger partial charge is 0.0629 e. The third-order valence-electron chi connectivity index (χ3n) is 4.92. The van der Waals surface area contributed by atoms with E-state index in [1.807, 2.05) is 0 Å². The van der Waals surface area contributed by atoms with Crippen molar-refractivity contribution in [2.24, 2.45) is 17.3 Å². The first-order chi connectivity index (χ1) is 11.9. The Labute approximate surface area is 155 Å². The van der Waals surface area contributed by atoms with Crippen LogP contribution in [0.4, 0.5) is 0 Å². The first kappa shape index (κ1) is 24.6. The molecule has 0 radical (unpaired) electrons. The van der Waals surface area contributed by atoms with Crippen molar-refractivity contribution in [3.8, 4) is 0 Å². The van der Waals surface area contributed by atoms with Crippen molar-refractivity contribution in [3.05, 3.63) is 11.6 Å². The van der Waals surface area contributed by atoms with Crippen LogP contribution in [0, 0.1) is 17.3 Å². The number of aliphatic hydroxyl groups is 3. The van der Waals surface area contributed by atoms with E-state index >= 15 is 0 Å². The summed E-state index contributed by atoms with van der Waals surface area (Å²) in [7, 11) is 0. The van der Waals surface area contributed by atoms with Crippen molar-refractivity contribution in [2.75, 3.05) is 33.0 Å². The van der Waals surface area contributed by atoms with E-state index in [0.29, 0.717) is 6.61 Å². The highest BCUT2D eigenvalue weighted by Crippen LogP contribution is 2.19. The maximum absolute atomic E-state index is 9.23. The number of rotatable bonds is 16. The minimum atomic E-state index is -0.926. The standard InChI is InChI=1S/C21H42O4/c1-18(2)8-5-9-19(3)10-6-11-20(4)12-7-13-25-17-21(14-22,15-23)16-24/h12,18-19,22-24H,5-11,13-17H2,1-4H3. The molecular formula is C21H42O4. The predicted octanol–water partition coefficient (Wildman–Crippen LogP) is 3.94. The summed E-state index contributed by atoms with van der Waals surface area (Å²) >= 11 is 0. The van der Waals surface area contributed by atoms with Crippen molar-refractivity contribution in [1.82, 2.24) is 0 Å². The molecule has 4 nitrogen and oxygen atoms in total. The summed E-state index contributed by atoms with van der Waals surface area (Å²) in [6, 6.07) is 0. The number of ether oxygens (including phenoxy) is 1. The van der Waals surface area contributed by atoms with E-state index < -0.39 is 5.41 Å². The summed E-state index contributed by atoms with van der Waals surface area (Å²) in [6.45, 7) is 9.02. The molecule has 0 spiro atoms. The molecule has 25 heavy (non-hydrogen) atoms. The molecule has 0 amide bonds. The highest BCUT2D eigenvalue weighted by molar-refractivity contribution is 4.97. The topological polar surface area (TPSA) is 69.9 Å². The largest absolute Gasteiger partial charge is 0.396 e. The van der Waals surface area contributed by atoms with Crippen molar-refractivity contribution >= 4 is 0 Å². The summed E-state index contributed by atoms with van der Waals surface area (Å²) < 4.78 is 5.50. The molecule has 4 heteroatoms. The monoisotopic (exact) mass is 358 g/mol. The average Bonchev–Trinajstić information content (AvgIpc) is 2.58. The Morgan fingerprint density at radius 1 is 0.960 bits per heavy atom. The van der Waals surface area contributed by atoms with Gasteiger partial charge in [0.15, 0.2) is 0 Å². The second kappa shape index (κ2) is 14.7. The minimum Gasteiger partial charge on any atom is -0.396 e. The summed E-state index contributed by atoms with van der Waals surface area (Å²) in [5.74, 6) is 1.63. The summed E-state index contributed by atoms with van der Waals surface area (Å²) in [4.78, 5) is 0. The van der Waals surface area contributed by atoms with Crippen LogP contribution in [0.15, 0.2) is 11.6 Å². The van der Waals surface area contributed by atoms with Gasteiger partial charge in [0, 0.05) is 0 Å². The van der Waals surface area contributed by atoms with E-state index in [2.05, 4.69) is 33.8 Å². The molecule has 0 saturated carbocycles. The van der Waals surface area contributed by atoms with Crippen LogP contribution < -0.4 is 0 Å². The molecule has 0 aliphatic carbocycles. The lowest BCUT2D eigenvalue weighted by atomic mass is 9.93. The Balaban J connectivity index is 3.78. The molecule has 1 unspecified atom stereocenters. The van der Waals surface area contributed by atoms with Crippen LogP contribution >= 0.6 is 0 Å². The van der Waals surface area contributed by atoms with Gasteiger partial charge in [-0.25, -0.2) is 0 Å². The van der Waals surface area contributed by atoms with Gasteiger partial charge in [-0.15, -0.1) is 0 Å². The molecule has 0 heterocycles. The first-order valence-electron chi connectivity index (χ1n) is 9.95. The summed E-state index contributed by atoms with van der Waals surface area (Å²) in [5.41, 5.74) is 0.473. The predicted molar refractivity (Wildman–Crippen MR) is 105 cm³/mol. The van der Waals surface area contributed by atoms with Gasteiger partial charge < -0.3 is 20.1 Å². The zero-order valence-corrected chi connectivity index (χ0v) is 17.0. The second-order valence-electron chi connectivity index (χ2n) is 8.19. The number of aliphatic hydroxyl groups excluding tert-OH is 3. The molecular weight excluding hydrogens is 316 g/mol. The van der Waals surface area contributed by atoms with Gasteiger partial charge in [0.05, 0.1) is 38.4 Å². The zero-order chi connectivity index (χ0) is 19.1. The molecule has 0 aromatic carbocycles. The third-order valence-corrected chi connectivity index (χ3v) is 4.92. The minimum absolute atomic E-state index is 0.178. The van der Waals surface area contributed by atoms with Crippen LogP contribution in [-0.4, -0.2) is 48.4 Å². The Bertz CT molecular complexity index is 327. The van der Waals surface area contributed by atoms with Crippen molar-refractivity contribution < 1.29 is 20.1 Å². The van der Waals surface area contributed by atoms with Crippen LogP contribution in [0.5, 0.6) is 0 Å². The molecule has 0 aromatic heterocycles. The van der Waals surface area contributed by atoms with Crippen LogP contribution in [0.3, 0.4) is 0 Å². The normalized spacial score (nSPS) is 14.3. The summed E-state index contributed by atoms with van der Waals surface area (Å²) in [5, 5.41) is 27.7. The van der Waals surface area contributed by atoms with Gasteiger partial charge in [0.2, 0.25) is 0 Å². The zero-order valence-electron chi connectivity index (χ0n) is 17.0. The molecule has 0 aliphatic heterocycles. The molecule has 1 atom stereocenters. The fourth-order valence-corrected chi connectivity index (χ4v) is 2.81. The van der Waals surface area contributed by atoms with E-state index in [1.54, 1.807) is 0 Å². The quantitative estimate of drug-likeness (QED) is 0.289. The van der Waals surface area contributed by atoms with E-state index in [9.17, 15) is 15.3 Å². The van der Waals surface area contributed by atoms with Crippen molar-refractivity contribution in [2.45, 2.75) is 72.6 Å². The van der Waals surface area contributed by atoms with E-state index in [1.165, 1.54) is 37.7 Å². The van der Waals surface area contributed by atoms with Gasteiger partial charge in [-0.3, -0.25) is 0 Å². The van der Waals surface area contributed by atoms with E-state index in [4.69, 9.17) is 4.74 Å². The van der Waals surface area contributed by atoms with Crippen molar-refractivity contribution in [1.29, 1.82) is 0 Å². The lowest BCUT2D eigenvalue weighted by molar-refractivity contribution is -0.0568. The maximum Gasteiger partial charge on any atom is 0.0629 e. The average molecular weight is 359 g/mol. The van der Waals surface area contributed by atoms with Gasteiger partial charge in [0.1, 0.15) is 0 Å². The fraction of sp³-hybridized carbons (Fsp3) is 0.905. The second-order valence-corrected chi connectivity index (χ2v) is 8.19. The number of hydrogen-bond donors (Lipinski definition) is 3. The first-order valence-corrected chi connectivity index (χ1v) is 9.95. The fourth-order valence-electron chi connectivity index (χ4n) is 2.81. The van der Waals surface area contributed by atoms with Crippen LogP contribution in [0.2, 0.25) is 0 Å². The molecule has 0 aromatic rings. The lowest BCUT2D eigenvalue weighted by Gasteiger charge is -2.26. The number of hydrogen-bond acceptors (Lipinski definition) is 4. The van der Waals surface area contributed by atoms with Crippen LogP contribution in [0.1, 0.15) is 72.6 Å². The third kappa shape index (κ3) is 12.6. The van der Waals surface area contributed by atoms with Crippen LogP contribution in [-0.2, 0) is 4.74 Å². The van der Waals surface area contributed by atoms with Gasteiger partial charge in [-0.1, -0.05) is 58.1 Å². The molecule has 0 saturated heterocycles. The van der Waals surface area contributed by atoms with Gasteiger partial charge in [-0.2, -0.15) is 0 Å².